The molecule has 1 aliphatic heterocycles. The van der Waals surface area contributed by atoms with Crippen molar-refractivity contribution in [3.8, 4) is 0 Å². The van der Waals surface area contributed by atoms with Gasteiger partial charge in [0.25, 0.3) is 0 Å². The van der Waals surface area contributed by atoms with Gasteiger partial charge in [0.15, 0.2) is 0 Å². The van der Waals surface area contributed by atoms with Gasteiger partial charge in [-0.25, -0.2) is 9.97 Å². The topological polar surface area (TPSA) is 37.8 Å². The van der Waals surface area contributed by atoms with Crippen LogP contribution in [0.25, 0.3) is 10.2 Å². The Balaban J connectivity index is 0.000000853. The first-order valence-electron chi connectivity index (χ1n) is 4.48. The van der Waals surface area contributed by atoms with E-state index in [1.54, 1.807) is 11.3 Å². The van der Waals surface area contributed by atoms with Crippen molar-refractivity contribution >= 4 is 45.6 Å². The molecule has 0 aromatic carbocycles. The number of halogens is 2. The maximum absolute atomic E-state index is 6.07. The van der Waals surface area contributed by atoms with Crippen molar-refractivity contribution in [3.05, 3.63) is 21.9 Å². The van der Waals surface area contributed by atoms with E-state index in [9.17, 15) is 0 Å². The molecule has 0 aliphatic carbocycles. The first-order chi connectivity index (χ1) is 6.86. The summed E-state index contributed by atoms with van der Waals surface area (Å²) in [5.41, 5.74) is 1.34. The van der Waals surface area contributed by atoms with Gasteiger partial charge in [-0.2, -0.15) is 0 Å². The zero-order chi connectivity index (χ0) is 9.54. The molecule has 3 rings (SSSR count). The average Bonchev–Trinajstić information content (AvgIpc) is 2.57. The minimum Gasteiger partial charge on any atom is -0.312 e. The molecule has 0 bridgehead atoms. The van der Waals surface area contributed by atoms with Gasteiger partial charge >= 0.3 is 0 Å². The Morgan fingerprint density at radius 1 is 1.40 bits per heavy atom. The van der Waals surface area contributed by atoms with Crippen LogP contribution in [0.4, 0.5) is 0 Å². The van der Waals surface area contributed by atoms with Gasteiger partial charge in [-0.1, -0.05) is 11.6 Å². The summed E-state index contributed by atoms with van der Waals surface area (Å²) in [5, 5.41) is 5.00. The number of nitrogens with one attached hydrogen (secondary N) is 1. The summed E-state index contributed by atoms with van der Waals surface area (Å²) >= 11 is 7.79. The number of hydrogen-bond acceptors (Lipinski definition) is 4. The van der Waals surface area contributed by atoms with Gasteiger partial charge in [0.2, 0.25) is 0 Å². The van der Waals surface area contributed by atoms with Gasteiger partial charge in [0.05, 0.1) is 5.39 Å². The van der Waals surface area contributed by atoms with E-state index >= 15 is 0 Å². The zero-order valence-corrected chi connectivity index (χ0v) is 10.2. The number of nitrogens with zero attached hydrogens (tertiary/aromatic N) is 2. The van der Waals surface area contributed by atoms with E-state index in [1.807, 2.05) is 0 Å². The van der Waals surface area contributed by atoms with Crippen LogP contribution in [0, 0.1) is 0 Å². The first-order valence-corrected chi connectivity index (χ1v) is 5.67. The maximum atomic E-state index is 6.07. The standard InChI is InChI=1S/C9H8ClN3S.ClH/c10-8-7-5-1-2-11-3-6(5)14-9(7)13-4-12-8;/h4,11H,1-3H2;1H. The van der Waals surface area contributed by atoms with Crippen molar-refractivity contribution in [1.29, 1.82) is 0 Å². The molecule has 0 unspecified atom stereocenters. The summed E-state index contributed by atoms with van der Waals surface area (Å²) in [6, 6.07) is 0. The van der Waals surface area contributed by atoms with E-state index in [0.29, 0.717) is 5.15 Å². The number of aromatic nitrogens is 2. The normalized spacial score (nSPS) is 14.7. The molecule has 0 amide bonds. The molecular formula is C9H9Cl2N3S. The highest BCUT2D eigenvalue weighted by molar-refractivity contribution is 7.19. The van der Waals surface area contributed by atoms with Crippen LogP contribution in [-0.2, 0) is 13.0 Å². The molecule has 6 heteroatoms. The minimum atomic E-state index is 0. The molecule has 0 spiro atoms. The predicted molar refractivity (Wildman–Crippen MR) is 65.1 cm³/mol. The molecule has 80 valence electrons. The van der Waals surface area contributed by atoms with Crippen molar-refractivity contribution in [2.75, 3.05) is 6.54 Å². The van der Waals surface area contributed by atoms with E-state index < -0.39 is 0 Å². The van der Waals surface area contributed by atoms with Crippen LogP contribution in [0.3, 0.4) is 0 Å². The number of fused-ring (bicyclic) bond motifs is 3. The SMILES string of the molecule is Cl.Clc1ncnc2sc3c(c12)CCNC3. The number of hydrogen-bond donors (Lipinski definition) is 1. The molecule has 3 heterocycles. The molecule has 0 saturated carbocycles. The van der Waals surface area contributed by atoms with Gasteiger partial charge in [-0.05, 0) is 18.5 Å². The van der Waals surface area contributed by atoms with Crippen LogP contribution in [0.1, 0.15) is 10.4 Å². The second kappa shape index (κ2) is 4.22. The molecule has 15 heavy (non-hydrogen) atoms. The fraction of sp³-hybridized carbons (Fsp3) is 0.333. The van der Waals surface area contributed by atoms with Crippen LogP contribution in [0.15, 0.2) is 6.33 Å². The Kier molecular flexibility index (Phi) is 3.11. The Hall–Kier alpha value is -0.420. The van der Waals surface area contributed by atoms with Crippen LogP contribution >= 0.6 is 35.3 Å². The van der Waals surface area contributed by atoms with Crippen molar-refractivity contribution in [3.63, 3.8) is 0 Å². The molecule has 1 aliphatic rings. The van der Waals surface area contributed by atoms with Crippen molar-refractivity contribution in [2.45, 2.75) is 13.0 Å². The van der Waals surface area contributed by atoms with Crippen LogP contribution < -0.4 is 5.32 Å². The van der Waals surface area contributed by atoms with E-state index in [1.165, 1.54) is 16.8 Å². The van der Waals surface area contributed by atoms with Gasteiger partial charge in [0.1, 0.15) is 16.3 Å². The average molecular weight is 262 g/mol. The molecule has 2 aromatic rings. The van der Waals surface area contributed by atoms with Crippen LogP contribution in [0.5, 0.6) is 0 Å². The molecule has 3 nitrogen and oxygen atoms in total. The monoisotopic (exact) mass is 261 g/mol. The third-order valence-corrected chi connectivity index (χ3v) is 3.89. The first kappa shape index (κ1) is 11.1. The van der Waals surface area contributed by atoms with E-state index in [4.69, 9.17) is 11.6 Å². The minimum absolute atomic E-state index is 0. The lowest BCUT2D eigenvalue weighted by molar-refractivity contribution is 0.657. The van der Waals surface area contributed by atoms with E-state index in [2.05, 4.69) is 15.3 Å². The lowest BCUT2D eigenvalue weighted by atomic mass is 10.1. The lowest BCUT2D eigenvalue weighted by Crippen LogP contribution is -2.21. The second-order valence-corrected chi connectivity index (χ2v) is 4.72. The number of rotatable bonds is 0. The van der Waals surface area contributed by atoms with Crippen molar-refractivity contribution in [2.24, 2.45) is 0 Å². The highest BCUT2D eigenvalue weighted by atomic mass is 35.5. The largest absolute Gasteiger partial charge is 0.312 e. The van der Waals surface area contributed by atoms with Crippen molar-refractivity contribution in [1.82, 2.24) is 15.3 Å². The lowest BCUT2D eigenvalue weighted by Gasteiger charge is -2.12. The fourth-order valence-electron chi connectivity index (χ4n) is 1.82. The fourth-order valence-corrected chi connectivity index (χ4v) is 3.28. The summed E-state index contributed by atoms with van der Waals surface area (Å²) in [7, 11) is 0. The molecule has 2 aromatic heterocycles. The molecular weight excluding hydrogens is 253 g/mol. The predicted octanol–water partition coefficient (Wildman–Crippen LogP) is 2.41. The van der Waals surface area contributed by atoms with Crippen LogP contribution in [0.2, 0.25) is 5.15 Å². The highest BCUT2D eigenvalue weighted by Gasteiger charge is 2.18. The quantitative estimate of drug-likeness (QED) is 0.741. The Bertz CT molecular complexity index is 497. The molecule has 0 radical (unpaired) electrons. The van der Waals surface area contributed by atoms with Gasteiger partial charge in [-0.15, -0.1) is 23.7 Å². The second-order valence-electron chi connectivity index (χ2n) is 3.28. The molecule has 0 saturated heterocycles. The van der Waals surface area contributed by atoms with E-state index in [-0.39, 0.29) is 12.4 Å². The third kappa shape index (κ3) is 1.72. The molecule has 0 fully saturated rings. The Morgan fingerprint density at radius 3 is 3.13 bits per heavy atom. The molecule has 0 atom stereocenters. The van der Waals surface area contributed by atoms with Crippen molar-refractivity contribution < 1.29 is 0 Å². The van der Waals surface area contributed by atoms with E-state index in [0.717, 1.165) is 29.7 Å². The van der Waals surface area contributed by atoms with Gasteiger partial charge < -0.3 is 5.32 Å². The third-order valence-electron chi connectivity index (χ3n) is 2.46. The summed E-state index contributed by atoms with van der Waals surface area (Å²) in [4.78, 5) is 10.6. The number of thiophene rings is 1. The summed E-state index contributed by atoms with van der Waals surface area (Å²) in [6.07, 6.45) is 2.56. The highest BCUT2D eigenvalue weighted by Crippen LogP contribution is 2.34. The smallest absolute Gasteiger partial charge is 0.141 e. The summed E-state index contributed by atoms with van der Waals surface area (Å²) < 4.78 is 0. The maximum Gasteiger partial charge on any atom is 0.141 e. The summed E-state index contributed by atoms with van der Waals surface area (Å²) in [5.74, 6) is 0. The Morgan fingerprint density at radius 2 is 2.27 bits per heavy atom. The zero-order valence-electron chi connectivity index (χ0n) is 7.79. The Labute approximate surface area is 102 Å². The van der Waals surface area contributed by atoms with Crippen LogP contribution in [-0.4, -0.2) is 16.5 Å². The van der Waals surface area contributed by atoms with Gasteiger partial charge in [0, 0.05) is 11.4 Å². The summed E-state index contributed by atoms with van der Waals surface area (Å²) in [6.45, 7) is 1.96. The molecule has 1 N–H and O–H groups in total. The van der Waals surface area contributed by atoms with Gasteiger partial charge in [-0.3, -0.25) is 0 Å².